The minimum Gasteiger partial charge on any atom is -0.382 e. The molecule has 0 spiro atoms. The Kier molecular flexibility index (Phi) is 4.02. The molecule has 0 bridgehead atoms. The Morgan fingerprint density at radius 1 is 1.26 bits per heavy atom. The van der Waals surface area contributed by atoms with Gasteiger partial charge in [-0.15, -0.1) is 0 Å². The number of nitrogens with zero attached hydrogens (tertiary/aromatic N) is 2. The van der Waals surface area contributed by atoms with E-state index in [2.05, 4.69) is 15.3 Å². The van der Waals surface area contributed by atoms with Gasteiger partial charge < -0.3 is 11.1 Å². The Balaban J connectivity index is 1.92. The van der Waals surface area contributed by atoms with E-state index in [1.165, 1.54) is 18.5 Å². The molecule has 19 heavy (non-hydrogen) atoms. The maximum atomic E-state index is 13.3. The molecule has 6 heteroatoms. The van der Waals surface area contributed by atoms with Crippen molar-refractivity contribution >= 4 is 11.7 Å². The Hall–Kier alpha value is -2.50. The lowest BCUT2D eigenvalue weighted by Gasteiger charge is -2.06. The van der Waals surface area contributed by atoms with Crippen LogP contribution in [0, 0.1) is 5.82 Å². The maximum absolute atomic E-state index is 13.3. The Labute approximate surface area is 109 Å². The molecule has 0 aliphatic carbocycles. The van der Waals surface area contributed by atoms with Crippen molar-refractivity contribution in [1.29, 1.82) is 0 Å². The third-order valence-electron chi connectivity index (χ3n) is 2.58. The zero-order chi connectivity index (χ0) is 13.7. The van der Waals surface area contributed by atoms with Crippen molar-refractivity contribution in [2.75, 3.05) is 12.3 Å². The molecule has 3 N–H and O–H groups in total. The average Bonchev–Trinajstić information content (AvgIpc) is 2.41. The van der Waals surface area contributed by atoms with Gasteiger partial charge in [0.25, 0.3) is 5.91 Å². The number of nitrogens with one attached hydrogen (secondary N) is 1. The molecular weight excluding hydrogens is 247 g/mol. The zero-order valence-corrected chi connectivity index (χ0v) is 10.1. The number of nitrogens with two attached hydrogens (primary N) is 1. The van der Waals surface area contributed by atoms with Gasteiger partial charge in [-0.05, 0) is 18.1 Å². The fourth-order valence-electron chi connectivity index (χ4n) is 1.62. The van der Waals surface area contributed by atoms with Crippen LogP contribution in [0.5, 0.6) is 0 Å². The van der Waals surface area contributed by atoms with E-state index in [9.17, 15) is 9.18 Å². The molecule has 0 saturated heterocycles. The third-order valence-corrected chi connectivity index (χ3v) is 2.58. The highest BCUT2D eigenvalue weighted by atomic mass is 19.1. The lowest BCUT2D eigenvalue weighted by molar-refractivity contribution is 0.0949. The molecule has 1 heterocycles. The first kappa shape index (κ1) is 12.9. The van der Waals surface area contributed by atoms with Crippen molar-refractivity contribution in [2.45, 2.75) is 6.42 Å². The van der Waals surface area contributed by atoms with Gasteiger partial charge >= 0.3 is 0 Å². The SMILES string of the molecule is Nc1nccnc1C(=O)NCCc1ccccc1F. The molecule has 1 amide bonds. The monoisotopic (exact) mass is 260 g/mol. The average molecular weight is 260 g/mol. The van der Waals surface area contributed by atoms with Gasteiger partial charge in [0.05, 0.1) is 0 Å². The number of carbonyl (C=O) groups excluding carboxylic acids is 1. The van der Waals surface area contributed by atoms with E-state index in [1.807, 2.05) is 0 Å². The van der Waals surface area contributed by atoms with Gasteiger partial charge in [0, 0.05) is 18.9 Å². The van der Waals surface area contributed by atoms with Gasteiger partial charge in [0.2, 0.25) is 0 Å². The van der Waals surface area contributed by atoms with Crippen LogP contribution < -0.4 is 11.1 Å². The van der Waals surface area contributed by atoms with Gasteiger partial charge in [-0.3, -0.25) is 4.79 Å². The van der Waals surface area contributed by atoms with Crippen LogP contribution in [-0.4, -0.2) is 22.4 Å². The number of benzene rings is 1. The lowest BCUT2D eigenvalue weighted by atomic mass is 10.1. The summed E-state index contributed by atoms with van der Waals surface area (Å²) in [7, 11) is 0. The van der Waals surface area contributed by atoms with E-state index < -0.39 is 5.91 Å². The number of aromatic nitrogens is 2. The minimum atomic E-state index is -0.415. The first-order valence-electron chi connectivity index (χ1n) is 5.76. The molecule has 0 unspecified atom stereocenters. The predicted octanol–water partition coefficient (Wildman–Crippen LogP) is 1.17. The van der Waals surface area contributed by atoms with Crippen molar-refractivity contribution < 1.29 is 9.18 Å². The summed E-state index contributed by atoms with van der Waals surface area (Å²) in [4.78, 5) is 19.4. The molecule has 2 rings (SSSR count). The molecule has 0 radical (unpaired) electrons. The normalized spacial score (nSPS) is 10.2. The summed E-state index contributed by atoms with van der Waals surface area (Å²) in [5.41, 5.74) is 6.16. The highest BCUT2D eigenvalue weighted by Crippen LogP contribution is 2.07. The summed E-state index contributed by atoms with van der Waals surface area (Å²) in [5, 5.41) is 2.63. The molecule has 0 aliphatic rings. The maximum Gasteiger partial charge on any atom is 0.273 e. The molecule has 2 aromatic rings. The second kappa shape index (κ2) is 5.90. The molecule has 5 nitrogen and oxygen atoms in total. The zero-order valence-electron chi connectivity index (χ0n) is 10.1. The number of hydrogen-bond acceptors (Lipinski definition) is 4. The largest absolute Gasteiger partial charge is 0.382 e. The van der Waals surface area contributed by atoms with Crippen LogP contribution in [0.3, 0.4) is 0 Å². The Morgan fingerprint density at radius 3 is 2.74 bits per heavy atom. The molecular formula is C13H13FN4O. The summed E-state index contributed by atoms with van der Waals surface area (Å²) in [6.07, 6.45) is 3.20. The van der Waals surface area contributed by atoms with Crippen molar-refractivity contribution in [3.8, 4) is 0 Å². The second-order valence-electron chi connectivity index (χ2n) is 3.89. The van der Waals surface area contributed by atoms with Crippen LogP contribution in [0.4, 0.5) is 10.2 Å². The summed E-state index contributed by atoms with van der Waals surface area (Å²) in [5.74, 6) is -0.622. The Morgan fingerprint density at radius 2 is 2.00 bits per heavy atom. The number of hydrogen-bond donors (Lipinski definition) is 2. The predicted molar refractivity (Wildman–Crippen MR) is 68.9 cm³/mol. The summed E-state index contributed by atoms with van der Waals surface area (Å²) in [6.45, 7) is 0.301. The second-order valence-corrected chi connectivity index (χ2v) is 3.89. The molecule has 0 saturated carbocycles. The number of halogens is 1. The summed E-state index contributed by atoms with van der Waals surface area (Å²) >= 11 is 0. The van der Waals surface area contributed by atoms with Crippen LogP contribution in [0.1, 0.15) is 16.1 Å². The van der Waals surface area contributed by atoms with E-state index in [1.54, 1.807) is 18.2 Å². The fraction of sp³-hybridized carbons (Fsp3) is 0.154. The van der Waals surface area contributed by atoms with Crippen LogP contribution >= 0.6 is 0 Å². The lowest BCUT2D eigenvalue weighted by Crippen LogP contribution is -2.27. The summed E-state index contributed by atoms with van der Waals surface area (Å²) in [6, 6.07) is 6.44. The third kappa shape index (κ3) is 3.25. The molecule has 1 aromatic carbocycles. The van der Waals surface area contributed by atoms with Gasteiger partial charge in [0.1, 0.15) is 5.82 Å². The molecule has 1 aromatic heterocycles. The van der Waals surface area contributed by atoms with Gasteiger partial charge in [-0.1, -0.05) is 18.2 Å². The summed E-state index contributed by atoms with van der Waals surface area (Å²) < 4.78 is 13.3. The number of anilines is 1. The highest BCUT2D eigenvalue weighted by Gasteiger charge is 2.11. The van der Waals surface area contributed by atoms with Gasteiger partial charge in [-0.25, -0.2) is 14.4 Å². The number of amides is 1. The van der Waals surface area contributed by atoms with Crippen LogP contribution in [0.15, 0.2) is 36.7 Å². The number of nitrogen functional groups attached to an aromatic ring is 1. The highest BCUT2D eigenvalue weighted by molar-refractivity contribution is 5.96. The number of rotatable bonds is 4. The molecule has 0 aliphatic heterocycles. The van der Waals surface area contributed by atoms with E-state index >= 15 is 0 Å². The van der Waals surface area contributed by atoms with Crippen molar-refractivity contribution in [3.63, 3.8) is 0 Å². The van der Waals surface area contributed by atoms with E-state index in [-0.39, 0.29) is 17.3 Å². The van der Waals surface area contributed by atoms with Crippen LogP contribution in [0.25, 0.3) is 0 Å². The smallest absolute Gasteiger partial charge is 0.273 e. The fourth-order valence-corrected chi connectivity index (χ4v) is 1.62. The minimum absolute atomic E-state index is 0.0749. The van der Waals surface area contributed by atoms with E-state index in [0.29, 0.717) is 18.5 Å². The van der Waals surface area contributed by atoms with Crippen molar-refractivity contribution in [2.24, 2.45) is 0 Å². The first-order valence-corrected chi connectivity index (χ1v) is 5.76. The van der Waals surface area contributed by atoms with Crippen LogP contribution in [0.2, 0.25) is 0 Å². The first-order chi connectivity index (χ1) is 9.18. The quantitative estimate of drug-likeness (QED) is 0.864. The van der Waals surface area contributed by atoms with Crippen molar-refractivity contribution in [3.05, 3.63) is 53.7 Å². The van der Waals surface area contributed by atoms with Crippen LogP contribution in [-0.2, 0) is 6.42 Å². The van der Waals surface area contributed by atoms with Gasteiger partial charge in [0.15, 0.2) is 11.5 Å². The van der Waals surface area contributed by atoms with E-state index in [0.717, 1.165) is 0 Å². The Bertz CT molecular complexity index is 588. The number of carbonyl (C=O) groups is 1. The molecule has 0 fully saturated rings. The topological polar surface area (TPSA) is 80.9 Å². The standard InChI is InChI=1S/C13H13FN4O/c14-10-4-2-1-3-9(10)5-6-18-13(19)11-12(15)17-8-7-16-11/h1-4,7-8H,5-6H2,(H2,15,17)(H,18,19). The molecule has 0 atom stereocenters. The van der Waals surface area contributed by atoms with Crippen molar-refractivity contribution in [1.82, 2.24) is 15.3 Å². The van der Waals surface area contributed by atoms with Gasteiger partial charge in [-0.2, -0.15) is 0 Å². The van der Waals surface area contributed by atoms with E-state index in [4.69, 9.17) is 5.73 Å². The molecule has 98 valence electrons.